The third-order valence-corrected chi connectivity index (χ3v) is 4.07. The zero-order valence-electron chi connectivity index (χ0n) is 13.5. The Kier molecular flexibility index (Phi) is 4.57. The molecule has 3 rings (SSSR count). The minimum Gasteiger partial charge on any atom is -0.378 e. The third-order valence-electron chi connectivity index (χ3n) is 4.07. The second-order valence-electron chi connectivity index (χ2n) is 5.76. The van der Waals surface area contributed by atoms with Crippen LogP contribution >= 0.6 is 0 Å². The molecule has 0 radical (unpaired) electrons. The Hall–Kier alpha value is -2.40. The molecule has 1 fully saturated rings. The lowest BCUT2D eigenvalue weighted by Crippen LogP contribution is -2.41. The maximum atomic E-state index is 12.5. The lowest BCUT2D eigenvalue weighted by Gasteiger charge is -2.26. The average molecular weight is 311 g/mol. The van der Waals surface area contributed by atoms with Crippen molar-refractivity contribution in [3.05, 3.63) is 53.3 Å². The summed E-state index contributed by atoms with van der Waals surface area (Å²) in [6, 6.07) is 9.88. The summed E-state index contributed by atoms with van der Waals surface area (Å²) in [4.78, 5) is 18.5. The van der Waals surface area contributed by atoms with Crippen LogP contribution in [0, 0.1) is 13.8 Å². The first-order valence-electron chi connectivity index (χ1n) is 7.81. The quantitative estimate of drug-likeness (QED) is 0.947. The van der Waals surface area contributed by atoms with Crippen LogP contribution in [0.1, 0.15) is 21.6 Å². The first kappa shape index (κ1) is 15.5. The van der Waals surface area contributed by atoms with E-state index in [1.54, 1.807) is 17.2 Å². The third kappa shape index (κ3) is 3.68. The Bertz CT molecular complexity index is 709. The summed E-state index contributed by atoms with van der Waals surface area (Å²) in [5.74, 6) is -0.0444. The Morgan fingerprint density at radius 3 is 2.57 bits per heavy atom. The number of amides is 1. The Morgan fingerprint density at radius 2 is 1.83 bits per heavy atom. The Balaban J connectivity index is 1.76. The molecule has 2 heterocycles. The molecule has 1 aromatic carbocycles. The number of pyridine rings is 1. The van der Waals surface area contributed by atoms with Crippen LogP contribution in [0.15, 0.2) is 36.5 Å². The average Bonchev–Trinajstić information content (AvgIpc) is 2.58. The molecule has 0 bridgehead atoms. The standard InChI is InChI=1S/C18H21N3O2/c1-13-3-4-15(11-14(13)2)20-16-5-6-19-17(12-16)18(22)21-7-9-23-10-8-21/h3-6,11-12H,7-10H2,1-2H3,(H,19,20). The predicted molar refractivity (Wildman–Crippen MR) is 90.2 cm³/mol. The number of aryl methyl sites for hydroxylation is 2. The number of nitrogens with zero attached hydrogens (tertiary/aromatic N) is 2. The van der Waals surface area contributed by atoms with Gasteiger partial charge in [-0.2, -0.15) is 0 Å². The number of carbonyl (C=O) groups is 1. The van der Waals surface area contributed by atoms with Crippen molar-refractivity contribution >= 4 is 17.3 Å². The van der Waals surface area contributed by atoms with Gasteiger partial charge in [-0.25, -0.2) is 0 Å². The molecule has 1 amide bonds. The highest BCUT2D eigenvalue weighted by Crippen LogP contribution is 2.20. The maximum Gasteiger partial charge on any atom is 0.272 e. The predicted octanol–water partition coefficient (Wildman–Crippen LogP) is 2.91. The van der Waals surface area contributed by atoms with Crippen LogP contribution < -0.4 is 5.32 Å². The van der Waals surface area contributed by atoms with E-state index in [-0.39, 0.29) is 5.91 Å². The van der Waals surface area contributed by atoms with Crippen molar-refractivity contribution in [2.45, 2.75) is 13.8 Å². The number of anilines is 2. The van der Waals surface area contributed by atoms with E-state index < -0.39 is 0 Å². The number of rotatable bonds is 3. The summed E-state index contributed by atoms with van der Waals surface area (Å²) in [5.41, 5.74) is 4.81. The number of carbonyl (C=O) groups excluding carboxylic acids is 1. The van der Waals surface area contributed by atoms with Crippen molar-refractivity contribution in [1.82, 2.24) is 9.88 Å². The van der Waals surface area contributed by atoms with Crippen LogP contribution in [-0.2, 0) is 4.74 Å². The Morgan fingerprint density at radius 1 is 1.09 bits per heavy atom. The molecular weight excluding hydrogens is 290 g/mol. The van der Waals surface area contributed by atoms with Gasteiger partial charge in [0.05, 0.1) is 13.2 Å². The van der Waals surface area contributed by atoms with Crippen molar-refractivity contribution in [2.24, 2.45) is 0 Å². The number of hydrogen-bond acceptors (Lipinski definition) is 4. The SMILES string of the molecule is Cc1ccc(Nc2ccnc(C(=O)N3CCOCC3)c2)cc1C. The van der Waals surface area contributed by atoms with Gasteiger partial charge in [-0.15, -0.1) is 0 Å². The highest BCUT2D eigenvalue weighted by Gasteiger charge is 2.19. The molecule has 1 N–H and O–H groups in total. The molecule has 0 saturated carbocycles. The molecule has 1 aromatic heterocycles. The van der Waals surface area contributed by atoms with E-state index in [1.165, 1.54) is 11.1 Å². The fourth-order valence-corrected chi connectivity index (χ4v) is 2.54. The summed E-state index contributed by atoms with van der Waals surface area (Å²) in [6.45, 7) is 6.59. The van der Waals surface area contributed by atoms with E-state index in [0.29, 0.717) is 32.0 Å². The van der Waals surface area contributed by atoms with Gasteiger partial charge in [0.25, 0.3) is 5.91 Å². The van der Waals surface area contributed by atoms with Crippen molar-refractivity contribution in [3.8, 4) is 0 Å². The van der Waals surface area contributed by atoms with Crippen molar-refractivity contribution in [2.75, 3.05) is 31.6 Å². The van der Waals surface area contributed by atoms with E-state index in [4.69, 9.17) is 4.74 Å². The van der Waals surface area contributed by atoms with Crippen LogP contribution in [0.2, 0.25) is 0 Å². The first-order chi connectivity index (χ1) is 11.1. The lowest BCUT2D eigenvalue weighted by molar-refractivity contribution is 0.0299. The summed E-state index contributed by atoms with van der Waals surface area (Å²) in [7, 11) is 0. The van der Waals surface area contributed by atoms with Gasteiger partial charge < -0.3 is 15.0 Å². The fourth-order valence-electron chi connectivity index (χ4n) is 2.54. The van der Waals surface area contributed by atoms with E-state index in [9.17, 15) is 4.79 Å². The van der Waals surface area contributed by atoms with Gasteiger partial charge in [-0.1, -0.05) is 6.07 Å². The van der Waals surface area contributed by atoms with E-state index in [0.717, 1.165) is 11.4 Å². The lowest BCUT2D eigenvalue weighted by atomic mass is 10.1. The monoisotopic (exact) mass is 311 g/mol. The van der Waals surface area contributed by atoms with Gasteiger partial charge in [-0.05, 0) is 49.2 Å². The molecule has 1 saturated heterocycles. The molecule has 23 heavy (non-hydrogen) atoms. The zero-order chi connectivity index (χ0) is 16.2. The second kappa shape index (κ2) is 6.79. The molecular formula is C18H21N3O2. The van der Waals surface area contributed by atoms with E-state index >= 15 is 0 Å². The number of nitrogens with one attached hydrogen (secondary N) is 1. The van der Waals surface area contributed by atoms with Crippen LogP contribution in [0.4, 0.5) is 11.4 Å². The zero-order valence-corrected chi connectivity index (χ0v) is 13.5. The molecule has 1 aliphatic rings. The van der Waals surface area contributed by atoms with Crippen LogP contribution in [0.5, 0.6) is 0 Å². The maximum absolute atomic E-state index is 12.5. The minimum absolute atomic E-state index is 0.0444. The van der Waals surface area contributed by atoms with Gasteiger partial charge in [0.15, 0.2) is 0 Å². The topological polar surface area (TPSA) is 54.5 Å². The normalized spacial score (nSPS) is 14.6. The molecule has 2 aromatic rings. The van der Waals surface area contributed by atoms with E-state index in [1.807, 2.05) is 12.1 Å². The summed E-state index contributed by atoms with van der Waals surface area (Å²) >= 11 is 0. The molecule has 0 spiro atoms. The summed E-state index contributed by atoms with van der Waals surface area (Å²) in [6.07, 6.45) is 1.66. The van der Waals surface area contributed by atoms with Crippen LogP contribution in [0.3, 0.4) is 0 Å². The van der Waals surface area contributed by atoms with Gasteiger partial charge in [0.1, 0.15) is 5.69 Å². The number of aromatic nitrogens is 1. The van der Waals surface area contributed by atoms with Crippen LogP contribution in [0.25, 0.3) is 0 Å². The van der Waals surface area contributed by atoms with Gasteiger partial charge in [0.2, 0.25) is 0 Å². The first-order valence-corrected chi connectivity index (χ1v) is 7.81. The van der Waals surface area contributed by atoms with Crippen molar-refractivity contribution in [3.63, 3.8) is 0 Å². The Labute approximate surface area is 136 Å². The minimum atomic E-state index is -0.0444. The van der Waals surface area contributed by atoms with E-state index in [2.05, 4.69) is 36.3 Å². The van der Waals surface area contributed by atoms with Gasteiger partial charge in [-0.3, -0.25) is 9.78 Å². The molecule has 5 heteroatoms. The molecule has 0 atom stereocenters. The molecule has 0 aliphatic carbocycles. The number of morpholine rings is 1. The second-order valence-corrected chi connectivity index (χ2v) is 5.76. The smallest absolute Gasteiger partial charge is 0.272 e. The molecule has 120 valence electrons. The fraction of sp³-hybridized carbons (Fsp3) is 0.333. The van der Waals surface area contributed by atoms with Crippen molar-refractivity contribution in [1.29, 1.82) is 0 Å². The molecule has 5 nitrogen and oxygen atoms in total. The van der Waals surface area contributed by atoms with Gasteiger partial charge in [0, 0.05) is 30.7 Å². The molecule has 1 aliphatic heterocycles. The number of hydrogen-bond donors (Lipinski definition) is 1. The molecule has 0 unspecified atom stereocenters. The van der Waals surface area contributed by atoms with Gasteiger partial charge >= 0.3 is 0 Å². The summed E-state index contributed by atoms with van der Waals surface area (Å²) < 4.78 is 5.28. The number of benzene rings is 1. The number of ether oxygens (including phenoxy) is 1. The highest BCUT2D eigenvalue weighted by atomic mass is 16.5. The highest BCUT2D eigenvalue weighted by molar-refractivity contribution is 5.93. The van der Waals surface area contributed by atoms with Crippen LogP contribution in [-0.4, -0.2) is 42.1 Å². The van der Waals surface area contributed by atoms with Crippen molar-refractivity contribution < 1.29 is 9.53 Å². The summed E-state index contributed by atoms with van der Waals surface area (Å²) in [5, 5.41) is 3.33. The largest absolute Gasteiger partial charge is 0.378 e.